The molecule has 4 heterocycles. The number of nitrogens with zero attached hydrogens (tertiary/aromatic N) is 5. The number of unbranched alkanes of at least 4 members (excludes halogenated alkanes) is 1. The monoisotopic (exact) mass is 443 g/mol. The SMILES string of the molecule is CCCCC(Cc1c[nH]c2ccccc12)c1c(C(N)=O)nc2n1CCN(c1cnccn1)C2. The smallest absolute Gasteiger partial charge is 0.269 e. The molecule has 1 aliphatic rings. The van der Waals surface area contributed by atoms with Crippen molar-refractivity contribution >= 4 is 22.6 Å². The predicted octanol–water partition coefficient (Wildman–Crippen LogP) is 3.79. The number of aromatic nitrogens is 5. The number of hydrogen-bond acceptors (Lipinski definition) is 5. The molecule has 3 aromatic heterocycles. The maximum absolute atomic E-state index is 12.5. The normalized spacial score (nSPS) is 14.4. The van der Waals surface area contributed by atoms with Crippen molar-refractivity contribution in [2.24, 2.45) is 5.73 Å². The number of carbonyl (C=O) groups is 1. The average Bonchev–Trinajstić information content (AvgIpc) is 3.43. The van der Waals surface area contributed by atoms with Crippen molar-refractivity contribution in [3.8, 4) is 0 Å². The van der Waals surface area contributed by atoms with Gasteiger partial charge >= 0.3 is 0 Å². The van der Waals surface area contributed by atoms with E-state index in [0.717, 1.165) is 61.6 Å². The van der Waals surface area contributed by atoms with E-state index in [1.165, 1.54) is 10.9 Å². The van der Waals surface area contributed by atoms with Crippen molar-refractivity contribution in [1.29, 1.82) is 0 Å². The van der Waals surface area contributed by atoms with Gasteiger partial charge in [0.05, 0.1) is 18.4 Å². The van der Waals surface area contributed by atoms with Gasteiger partial charge in [-0.25, -0.2) is 9.97 Å². The van der Waals surface area contributed by atoms with Gasteiger partial charge in [0.2, 0.25) is 0 Å². The molecule has 0 radical (unpaired) electrons. The Balaban J connectivity index is 1.52. The van der Waals surface area contributed by atoms with Gasteiger partial charge in [-0.1, -0.05) is 38.0 Å². The van der Waals surface area contributed by atoms with Crippen molar-refractivity contribution in [2.45, 2.75) is 51.6 Å². The molecule has 8 heteroatoms. The van der Waals surface area contributed by atoms with Gasteiger partial charge < -0.3 is 20.2 Å². The first-order valence-corrected chi connectivity index (χ1v) is 11.6. The second kappa shape index (κ2) is 9.05. The van der Waals surface area contributed by atoms with Crippen molar-refractivity contribution in [1.82, 2.24) is 24.5 Å². The summed E-state index contributed by atoms with van der Waals surface area (Å²) in [6.07, 6.45) is 11.2. The molecule has 1 atom stereocenters. The number of primary amides is 1. The van der Waals surface area contributed by atoms with E-state index in [1.54, 1.807) is 18.6 Å². The Morgan fingerprint density at radius 1 is 1.24 bits per heavy atom. The molecule has 0 spiro atoms. The second-order valence-electron chi connectivity index (χ2n) is 8.67. The van der Waals surface area contributed by atoms with E-state index in [0.29, 0.717) is 12.2 Å². The van der Waals surface area contributed by atoms with Gasteiger partial charge in [0.25, 0.3) is 5.91 Å². The Labute approximate surface area is 192 Å². The van der Waals surface area contributed by atoms with Crippen molar-refractivity contribution in [3.63, 3.8) is 0 Å². The van der Waals surface area contributed by atoms with E-state index < -0.39 is 5.91 Å². The summed E-state index contributed by atoms with van der Waals surface area (Å²) in [6.45, 7) is 4.29. The number of anilines is 1. The number of nitrogens with one attached hydrogen (secondary N) is 1. The van der Waals surface area contributed by atoms with E-state index in [2.05, 4.69) is 55.7 Å². The lowest BCUT2D eigenvalue weighted by Gasteiger charge is -2.30. The molecule has 1 unspecified atom stereocenters. The fourth-order valence-electron chi connectivity index (χ4n) is 4.95. The van der Waals surface area contributed by atoms with Gasteiger partial charge in [0.1, 0.15) is 17.3 Å². The van der Waals surface area contributed by atoms with Gasteiger partial charge in [0.15, 0.2) is 0 Å². The minimum absolute atomic E-state index is 0.163. The highest BCUT2D eigenvalue weighted by atomic mass is 16.1. The van der Waals surface area contributed by atoms with Crippen molar-refractivity contribution < 1.29 is 4.79 Å². The Morgan fingerprint density at radius 3 is 2.91 bits per heavy atom. The van der Waals surface area contributed by atoms with Crippen LogP contribution in [0.3, 0.4) is 0 Å². The number of carbonyl (C=O) groups excluding carboxylic acids is 1. The number of benzene rings is 1. The van der Waals surface area contributed by atoms with E-state index in [4.69, 9.17) is 10.7 Å². The molecule has 0 bridgehead atoms. The molecule has 3 N–H and O–H groups in total. The Morgan fingerprint density at radius 2 is 2.12 bits per heavy atom. The van der Waals surface area contributed by atoms with Crippen LogP contribution in [0.5, 0.6) is 0 Å². The molecule has 0 fully saturated rings. The molecule has 1 aliphatic heterocycles. The summed E-state index contributed by atoms with van der Waals surface area (Å²) in [5.74, 6) is 1.38. The highest BCUT2D eigenvalue weighted by Crippen LogP contribution is 2.34. The highest BCUT2D eigenvalue weighted by molar-refractivity contribution is 5.92. The first-order valence-electron chi connectivity index (χ1n) is 11.6. The number of aromatic amines is 1. The zero-order valence-electron chi connectivity index (χ0n) is 18.9. The molecular weight excluding hydrogens is 414 g/mol. The highest BCUT2D eigenvalue weighted by Gasteiger charge is 2.31. The number of hydrogen-bond donors (Lipinski definition) is 2. The number of para-hydroxylation sites is 1. The maximum Gasteiger partial charge on any atom is 0.269 e. The predicted molar refractivity (Wildman–Crippen MR) is 128 cm³/mol. The third-order valence-corrected chi connectivity index (χ3v) is 6.55. The molecule has 0 aliphatic carbocycles. The van der Waals surface area contributed by atoms with Crippen LogP contribution < -0.4 is 10.6 Å². The fourth-order valence-corrected chi connectivity index (χ4v) is 4.95. The van der Waals surface area contributed by atoms with Crippen LogP contribution in [0.2, 0.25) is 0 Å². The molecule has 0 saturated heterocycles. The topological polar surface area (TPSA) is 106 Å². The fraction of sp³-hybridized carbons (Fsp3) is 0.360. The first kappa shape index (κ1) is 21.2. The van der Waals surface area contributed by atoms with Gasteiger partial charge in [-0.05, 0) is 24.5 Å². The van der Waals surface area contributed by atoms with Crippen LogP contribution in [-0.4, -0.2) is 37.0 Å². The van der Waals surface area contributed by atoms with Gasteiger partial charge in [0, 0.05) is 48.5 Å². The average molecular weight is 444 g/mol. The summed E-state index contributed by atoms with van der Waals surface area (Å²) in [5.41, 5.74) is 9.63. The van der Waals surface area contributed by atoms with Gasteiger partial charge in [-0.3, -0.25) is 9.78 Å². The molecular formula is C25H29N7O. The van der Waals surface area contributed by atoms with E-state index in [9.17, 15) is 4.79 Å². The van der Waals surface area contributed by atoms with E-state index in [-0.39, 0.29) is 5.92 Å². The lowest BCUT2D eigenvalue weighted by molar-refractivity contribution is 0.0994. The Kier molecular flexibility index (Phi) is 5.81. The van der Waals surface area contributed by atoms with Gasteiger partial charge in [-0.2, -0.15) is 0 Å². The van der Waals surface area contributed by atoms with Crippen LogP contribution >= 0.6 is 0 Å². The van der Waals surface area contributed by atoms with Crippen LogP contribution in [0.25, 0.3) is 10.9 Å². The molecule has 1 amide bonds. The maximum atomic E-state index is 12.5. The number of imidazole rings is 1. The largest absolute Gasteiger partial charge is 0.364 e. The summed E-state index contributed by atoms with van der Waals surface area (Å²) < 4.78 is 2.22. The number of rotatable bonds is 8. The van der Waals surface area contributed by atoms with Crippen LogP contribution in [0.15, 0.2) is 49.1 Å². The van der Waals surface area contributed by atoms with E-state index in [1.807, 2.05) is 6.07 Å². The minimum atomic E-state index is -0.460. The number of H-pyrrole nitrogens is 1. The minimum Gasteiger partial charge on any atom is -0.364 e. The van der Waals surface area contributed by atoms with Crippen LogP contribution in [0.1, 0.15) is 59.7 Å². The van der Waals surface area contributed by atoms with Crippen molar-refractivity contribution in [3.05, 3.63) is 71.8 Å². The third-order valence-electron chi connectivity index (χ3n) is 6.55. The van der Waals surface area contributed by atoms with Crippen LogP contribution in [0.4, 0.5) is 5.82 Å². The summed E-state index contributed by atoms with van der Waals surface area (Å²) in [6, 6.07) is 8.35. The quantitative estimate of drug-likeness (QED) is 0.431. The summed E-state index contributed by atoms with van der Waals surface area (Å²) in [4.78, 5) is 31.4. The molecule has 0 saturated carbocycles. The Bertz CT molecular complexity index is 1260. The van der Waals surface area contributed by atoms with Crippen LogP contribution in [-0.2, 0) is 19.5 Å². The summed E-state index contributed by atoms with van der Waals surface area (Å²) >= 11 is 0. The zero-order valence-corrected chi connectivity index (χ0v) is 18.9. The third kappa shape index (κ3) is 4.08. The lowest BCUT2D eigenvalue weighted by Crippen LogP contribution is -2.35. The lowest BCUT2D eigenvalue weighted by atomic mass is 9.89. The molecule has 8 nitrogen and oxygen atoms in total. The summed E-state index contributed by atoms with van der Waals surface area (Å²) in [5, 5.41) is 1.23. The zero-order chi connectivity index (χ0) is 22.8. The van der Waals surface area contributed by atoms with Crippen LogP contribution in [0, 0.1) is 0 Å². The van der Waals surface area contributed by atoms with E-state index >= 15 is 0 Å². The standard InChI is InChI=1S/C25H29N7O/c1-2-3-6-17(13-18-14-29-20-8-5-4-7-19(18)20)24-23(25(26)33)30-22-16-31(11-12-32(22)24)21-15-27-9-10-28-21/h4-5,7-10,14-15,17,29H,2-3,6,11-13,16H2,1H3,(H2,26,33). The molecule has 170 valence electrons. The molecule has 4 aromatic rings. The van der Waals surface area contributed by atoms with Gasteiger partial charge in [-0.15, -0.1) is 0 Å². The number of fused-ring (bicyclic) bond motifs is 2. The summed E-state index contributed by atoms with van der Waals surface area (Å²) in [7, 11) is 0. The molecule has 33 heavy (non-hydrogen) atoms. The second-order valence-corrected chi connectivity index (χ2v) is 8.67. The number of amides is 1. The first-order chi connectivity index (χ1) is 16.2. The molecule has 5 rings (SSSR count). The number of nitrogens with two attached hydrogens (primary N) is 1. The molecule has 1 aromatic carbocycles. The Hall–Kier alpha value is -3.68. The van der Waals surface area contributed by atoms with Crippen molar-refractivity contribution in [2.75, 3.05) is 11.4 Å².